The molecule has 2 rings (SSSR count). The summed E-state index contributed by atoms with van der Waals surface area (Å²) in [5.74, 6) is 1.03. The van der Waals surface area contributed by atoms with Crippen molar-refractivity contribution in [2.45, 2.75) is 26.7 Å². The number of ketones is 1. The molecule has 0 spiro atoms. The van der Waals surface area contributed by atoms with Crippen LogP contribution in [0.15, 0.2) is 18.2 Å². The zero-order valence-corrected chi connectivity index (χ0v) is 11.1. The maximum Gasteiger partial charge on any atom is 0.171 e. The summed E-state index contributed by atoms with van der Waals surface area (Å²) in [5.41, 5.74) is 7.58. The summed E-state index contributed by atoms with van der Waals surface area (Å²) in [7, 11) is 0. The Labute approximate surface area is 108 Å². The Morgan fingerprint density at radius 3 is 2.89 bits per heavy atom. The second kappa shape index (κ2) is 5.53. The highest BCUT2D eigenvalue weighted by Gasteiger charge is 2.26. The van der Waals surface area contributed by atoms with E-state index >= 15 is 0 Å². The van der Waals surface area contributed by atoms with E-state index in [1.807, 2.05) is 32.0 Å². The second-order valence-corrected chi connectivity index (χ2v) is 5.20. The van der Waals surface area contributed by atoms with Crippen LogP contribution in [0.2, 0.25) is 0 Å². The molecule has 1 unspecified atom stereocenters. The van der Waals surface area contributed by atoms with Gasteiger partial charge in [-0.3, -0.25) is 4.79 Å². The largest absolute Gasteiger partial charge is 0.493 e. The number of hydrogen-bond acceptors (Lipinski definition) is 3. The number of benzene rings is 1. The van der Waals surface area contributed by atoms with E-state index in [0.29, 0.717) is 18.7 Å². The Balaban J connectivity index is 2.36. The lowest BCUT2D eigenvalue weighted by molar-refractivity contribution is 0.0887. The number of hydrogen-bond donors (Lipinski definition) is 1. The number of fused-ring (bicyclic) bond motifs is 1. The molecule has 1 aliphatic rings. The molecule has 3 heteroatoms. The lowest BCUT2D eigenvalue weighted by Crippen LogP contribution is -2.29. The molecule has 1 aliphatic heterocycles. The van der Waals surface area contributed by atoms with Crippen molar-refractivity contribution in [2.24, 2.45) is 17.6 Å². The molecule has 0 aromatic heterocycles. The lowest BCUT2D eigenvalue weighted by Gasteiger charge is -2.23. The van der Waals surface area contributed by atoms with Crippen LogP contribution >= 0.6 is 0 Å². The smallest absolute Gasteiger partial charge is 0.171 e. The molecule has 0 saturated carbocycles. The highest BCUT2D eigenvalue weighted by atomic mass is 16.5. The number of rotatable bonds is 4. The maximum absolute atomic E-state index is 12.5. The molecular weight excluding hydrogens is 226 g/mol. The van der Waals surface area contributed by atoms with Gasteiger partial charge in [0.1, 0.15) is 5.75 Å². The number of para-hydroxylation sites is 1. The minimum Gasteiger partial charge on any atom is -0.493 e. The van der Waals surface area contributed by atoms with E-state index in [9.17, 15) is 4.79 Å². The van der Waals surface area contributed by atoms with Crippen LogP contribution < -0.4 is 10.5 Å². The quantitative estimate of drug-likeness (QED) is 0.831. The Morgan fingerprint density at radius 1 is 1.44 bits per heavy atom. The number of carbonyl (C=O) groups is 1. The minimum absolute atomic E-state index is 0.117. The van der Waals surface area contributed by atoms with Crippen molar-refractivity contribution in [3.63, 3.8) is 0 Å². The van der Waals surface area contributed by atoms with Crippen molar-refractivity contribution < 1.29 is 9.53 Å². The van der Waals surface area contributed by atoms with Gasteiger partial charge in [0.15, 0.2) is 5.78 Å². The normalized spacial score (nSPS) is 16.0. The van der Waals surface area contributed by atoms with Crippen molar-refractivity contribution >= 4 is 5.78 Å². The summed E-state index contributed by atoms with van der Waals surface area (Å²) in [4.78, 5) is 12.5. The van der Waals surface area contributed by atoms with Crippen LogP contribution in [0.5, 0.6) is 5.75 Å². The van der Waals surface area contributed by atoms with Crippen molar-refractivity contribution in [2.75, 3.05) is 13.2 Å². The van der Waals surface area contributed by atoms with E-state index in [1.54, 1.807) is 0 Å². The van der Waals surface area contributed by atoms with Gasteiger partial charge < -0.3 is 10.5 Å². The fourth-order valence-electron chi connectivity index (χ4n) is 2.46. The van der Waals surface area contributed by atoms with Crippen LogP contribution in [-0.2, 0) is 6.42 Å². The number of Topliss-reactive ketones (excluding diaryl/α,β-unsaturated/α-hetero) is 1. The van der Waals surface area contributed by atoms with Gasteiger partial charge >= 0.3 is 0 Å². The summed E-state index contributed by atoms with van der Waals surface area (Å²) in [5, 5.41) is 0. The first-order valence-electron chi connectivity index (χ1n) is 6.64. The monoisotopic (exact) mass is 247 g/mol. The van der Waals surface area contributed by atoms with Crippen molar-refractivity contribution in [3.8, 4) is 5.75 Å². The molecule has 1 heterocycles. The number of nitrogens with two attached hydrogens (primary N) is 1. The summed E-state index contributed by atoms with van der Waals surface area (Å²) < 4.78 is 5.69. The zero-order chi connectivity index (χ0) is 13.1. The van der Waals surface area contributed by atoms with E-state index < -0.39 is 0 Å². The van der Waals surface area contributed by atoms with Gasteiger partial charge in [0, 0.05) is 12.5 Å². The summed E-state index contributed by atoms with van der Waals surface area (Å²) in [6.45, 7) is 5.16. The van der Waals surface area contributed by atoms with Crippen LogP contribution in [0, 0.1) is 11.8 Å². The van der Waals surface area contributed by atoms with E-state index in [-0.39, 0.29) is 17.6 Å². The lowest BCUT2D eigenvalue weighted by atomic mass is 9.86. The van der Waals surface area contributed by atoms with E-state index in [2.05, 4.69) is 0 Å². The standard InChI is InChI=1S/C15H21NO2/c1-10(2)13(9-16)14(17)12-7-3-5-11-6-4-8-18-15(11)12/h3,5,7,10,13H,4,6,8-9,16H2,1-2H3. The topological polar surface area (TPSA) is 52.3 Å². The van der Waals surface area contributed by atoms with Gasteiger partial charge in [0.25, 0.3) is 0 Å². The zero-order valence-electron chi connectivity index (χ0n) is 11.1. The molecule has 3 nitrogen and oxygen atoms in total. The molecule has 1 atom stereocenters. The minimum atomic E-state index is -0.123. The number of carbonyl (C=O) groups excluding carboxylic acids is 1. The van der Waals surface area contributed by atoms with Gasteiger partial charge in [-0.15, -0.1) is 0 Å². The average molecular weight is 247 g/mol. The van der Waals surface area contributed by atoms with Gasteiger partial charge in [-0.2, -0.15) is 0 Å². The van der Waals surface area contributed by atoms with Gasteiger partial charge in [0.05, 0.1) is 12.2 Å². The van der Waals surface area contributed by atoms with Crippen molar-refractivity contribution in [1.29, 1.82) is 0 Å². The molecule has 0 radical (unpaired) electrons. The summed E-state index contributed by atoms with van der Waals surface area (Å²) >= 11 is 0. The van der Waals surface area contributed by atoms with Gasteiger partial charge in [-0.25, -0.2) is 0 Å². The molecule has 0 saturated heterocycles. The van der Waals surface area contributed by atoms with E-state index in [4.69, 9.17) is 10.5 Å². The molecule has 18 heavy (non-hydrogen) atoms. The predicted molar refractivity (Wildman–Crippen MR) is 72.0 cm³/mol. The summed E-state index contributed by atoms with van der Waals surface area (Å²) in [6.07, 6.45) is 2.01. The Bertz CT molecular complexity index is 440. The van der Waals surface area contributed by atoms with Crippen molar-refractivity contribution in [1.82, 2.24) is 0 Å². The fraction of sp³-hybridized carbons (Fsp3) is 0.533. The molecule has 0 amide bonds. The molecule has 0 bridgehead atoms. The average Bonchev–Trinajstić information content (AvgIpc) is 2.38. The van der Waals surface area contributed by atoms with Gasteiger partial charge in [-0.05, 0) is 30.4 Å². The first kappa shape index (κ1) is 13.1. The SMILES string of the molecule is CC(C)C(CN)C(=O)c1cccc2c1OCCC2. The Morgan fingerprint density at radius 2 is 2.22 bits per heavy atom. The Kier molecular flexibility index (Phi) is 4.02. The highest BCUT2D eigenvalue weighted by Crippen LogP contribution is 2.31. The van der Waals surface area contributed by atoms with Gasteiger partial charge in [0.2, 0.25) is 0 Å². The first-order chi connectivity index (χ1) is 8.65. The Hall–Kier alpha value is -1.35. The molecule has 2 N–H and O–H groups in total. The van der Waals surface area contributed by atoms with Crippen LogP contribution in [0.3, 0.4) is 0 Å². The van der Waals surface area contributed by atoms with E-state index in [0.717, 1.165) is 24.2 Å². The molecular formula is C15H21NO2. The van der Waals surface area contributed by atoms with Crippen LogP contribution in [0.25, 0.3) is 0 Å². The highest BCUT2D eigenvalue weighted by molar-refractivity contribution is 6.01. The van der Waals surface area contributed by atoms with E-state index in [1.165, 1.54) is 0 Å². The molecule has 98 valence electrons. The fourth-order valence-corrected chi connectivity index (χ4v) is 2.46. The molecule has 1 aromatic rings. The van der Waals surface area contributed by atoms with Crippen LogP contribution in [0.1, 0.15) is 36.2 Å². The number of ether oxygens (including phenoxy) is 1. The molecule has 0 fully saturated rings. The van der Waals surface area contributed by atoms with Crippen LogP contribution in [-0.4, -0.2) is 18.9 Å². The molecule has 0 aliphatic carbocycles. The maximum atomic E-state index is 12.5. The predicted octanol–water partition coefficient (Wildman–Crippen LogP) is 2.43. The second-order valence-electron chi connectivity index (χ2n) is 5.20. The molecule has 1 aromatic carbocycles. The van der Waals surface area contributed by atoms with Gasteiger partial charge in [-0.1, -0.05) is 26.0 Å². The summed E-state index contributed by atoms with van der Waals surface area (Å²) in [6, 6.07) is 5.84. The number of aryl methyl sites for hydroxylation is 1. The van der Waals surface area contributed by atoms with Crippen molar-refractivity contribution in [3.05, 3.63) is 29.3 Å². The van der Waals surface area contributed by atoms with Crippen LogP contribution in [0.4, 0.5) is 0 Å². The first-order valence-corrected chi connectivity index (χ1v) is 6.64. The third kappa shape index (κ3) is 2.41. The third-order valence-electron chi connectivity index (χ3n) is 3.59. The third-order valence-corrected chi connectivity index (χ3v) is 3.59.